The summed E-state index contributed by atoms with van der Waals surface area (Å²) in [6.07, 6.45) is -0.989. The number of aliphatic hydroxyl groups is 1. The molecule has 1 aliphatic rings. The number of methoxy groups -OCH3 is 2. The van der Waals surface area contributed by atoms with Crippen LogP contribution in [0.3, 0.4) is 0 Å². The third-order valence-corrected chi connectivity index (χ3v) is 2.32. The molecule has 1 saturated heterocycles. The third-order valence-electron chi connectivity index (χ3n) is 2.32. The molecule has 0 amide bonds. The Bertz CT molecular complexity index is 163. The van der Waals surface area contributed by atoms with Gasteiger partial charge in [0.25, 0.3) is 0 Å². The molecule has 0 aromatic carbocycles. The minimum absolute atomic E-state index is 0.172. The highest BCUT2D eigenvalue weighted by molar-refractivity contribution is 4.81. The molecule has 1 heterocycles. The second kappa shape index (κ2) is 5.63. The number of ether oxygens (including phenoxy) is 4. The average Bonchev–Trinajstić information content (AvgIpc) is 2.20. The third kappa shape index (κ3) is 2.90. The maximum absolute atomic E-state index is 9.72. The van der Waals surface area contributed by atoms with Crippen LogP contribution in [0.25, 0.3) is 0 Å². The Morgan fingerprint density at radius 1 is 1.43 bits per heavy atom. The molecular formula is C9H18O5. The van der Waals surface area contributed by atoms with Crippen molar-refractivity contribution in [3.8, 4) is 0 Å². The summed E-state index contributed by atoms with van der Waals surface area (Å²) in [7, 11) is 3.12. The molecule has 1 rings (SSSR count). The van der Waals surface area contributed by atoms with E-state index in [1.807, 2.05) is 0 Å². The van der Waals surface area contributed by atoms with Crippen LogP contribution in [0.1, 0.15) is 13.3 Å². The van der Waals surface area contributed by atoms with Crippen molar-refractivity contribution in [1.29, 1.82) is 0 Å². The van der Waals surface area contributed by atoms with Crippen LogP contribution < -0.4 is 0 Å². The van der Waals surface area contributed by atoms with Crippen molar-refractivity contribution >= 4 is 0 Å². The molecule has 14 heavy (non-hydrogen) atoms. The molecule has 0 bridgehead atoms. The van der Waals surface area contributed by atoms with E-state index in [1.54, 1.807) is 21.1 Å². The molecule has 1 fully saturated rings. The Balaban J connectivity index is 2.45. The highest BCUT2D eigenvalue weighted by Crippen LogP contribution is 2.22. The standard InChI is InChI=1S/C9H18O5/c1-6-9(10)7(13-5-11-2)4-8(12-3)14-6/h6-10H,4-5H2,1-3H3/t6?,7-,8+,9-/m1/s1. The van der Waals surface area contributed by atoms with Crippen LogP contribution in [0, 0.1) is 0 Å². The van der Waals surface area contributed by atoms with Gasteiger partial charge in [-0.1, -0.05) is 0 Å². The topological polar surface area (TPSA) is 57.2 Å². The molecule has 1 aliphatic heterocycles. The molecule has 5 nitrogen and oxygen atoms in total. The Morgan fingerprint density at radius 2 is 2.14 bits per heavy atom. The molecular weight excluding hydrogens is 188 g/mol. The summed E-state index contributed by atoms with van der Waals surface area (Å²) < 4.78 is 20.5. The molecule has 84 valence electrons. The van der Waals surface area contributed by atoms with Crippen LogP contribution >= 0.6 is 0 Å². The Labute approximate surface area is 83.9 Å². The first-order chi connectivity index (χ1) is 6.69. The normalized spacial score (nSPS) is 38.6. The lowest BCUT2D eigenvalue weighted by atomic mass is 10.0. The largest absolute Gasteiger partial charge is 0.388 e. The molecule has 0 aromatic rings. The number of rotatable bonds is 4. The van der Waals surface area contributed by atoms with E-state index >= 15 is 0 Å². The monoisotopic (exact) mass is 206 g/mol. The fourth-order valence-corrected chi connectivity index (χ4v) is 1.48. The fraction of sp³-hybridized carbons (Fsp3) is 1.00. The maximum atomic E-state index is 9.72. The van der Waals surface area contributed by atoms with Gasteiger partial charge in [0, 0.05) is 20.6 Å². The minimum Gasteiger partial charge on any atom is -0.388 e. The summed E-state index contributed by atoms with van der Waals surface area (Å²) in [6, 6.07) is 0. The SMILES string of the molecule is COCO[C@@H]1C[C@@H](OC)OC(C)[C@H]1O. The summed E-state index contributed by atoms with van der Waals surface area (Å²) in [4.78, 5) is 0. The summed E-state index contributed by atoms with van der Waals surface area (Å²) in [5.41, 5.74) is 0. The lowest BCUT2D eigenvalue weighted by molar-refractivity contribution is -0.255. The Hall–Kier alpha value is -0.200. The highest BCUT2D eigenvalue weighted by Gasteiger charge is 2.35. The predicted octanol–water partition coefficient (Wildman–Crippen LogP) is 0.118. The lowest BCUT2D eigenvalue weighted by Crippen LogP contribution is -2.48. The van der Waals surface area contributed by atoms with Crippen LogP contribution in [-0.2, 0) is 18.9 Å². The van der Waals surface area contributed by atoms with Crippen molar-refractivity contribution in [2.45, 2.75) is 37.9 Å². The van der Waals surface area contributed by atoms with E-state index in [9.17, 15) is 5.11 Å². The second-order valence-electron chi connectivity index (χ2n) is 3.34. The van der Waals surface area contributed by atoms with Gasteiger partial charge in [-0.2, -0.15) is 0 Å². The van der Waals surface area contributed by atoms with E-state index in [1.165, 1.54) is 0 Å². The first-order valence-electron chi connectivity index (χ1n) is 4.66. The van der Waals surface area contributed by atoms with Crippen molar-refractivity contribution in [3.63, 3.8) is 0 Å². The second-order valence-corrected chi connectivity index (χ2v) is 3.34. The zero-order valence-corrected chi connectivity index (χ0v) is 8.80. The van der Waals surface area contributed by atoms with Gasteiger partial charge >= 0.3 is 0 Å². The van der Waals surface area contributed by atoms with E-state index in [4.69, 9.17) is 18.9 Å². The van der Waals surface area contributed by atoms with Crippen molar-refractivity contribution in [3.05, 3.63) is 0 Å². The van der Waals surface area contributed by atoms with Gasteiger partial charge in [0.1, 0.15) is 12.9 Å². The van der Waals surface area contributed by atoms with Crippen molar-refractivity contribution in [2.24, 2.45) is 0 Å². The van der Waals surface area contributed by atoms with Crippen LogP contribution in [0.2, 0.25) is 0 Å². The summed E-state index contributed by atoms with van der Waals surface area (Å²) in [5, 5.41) is 9.72. The van der Waals surface area contributed by atoms with Gasteiger partial charge in [0.15, 0.2) is 6.29 Å². The van der Waals surface area contributed by atoms with Crippen LogP contribution in [0.4, 0.5) is 0 Å². The van der Waals surface area contributed by atoms with Crippen LogP contribution in [0.5, 0.6) is 0 Å². The highest BCUT2D eigenvalue weighted by atomic mass is 16.7. The van der Waals surface area contributed by atoms with Gasteiger partial charge in [0.2, 0.25) is 0 Å². The Kier molecular flexibility index (Phi) is 4.77. The summed E-state index contributed by atoms with van der Waals surface area (Å²) in [5.74, 6) is 0. The summed E-state index contributed by atoms with van der Waals surface area (Å²) in [6.45, 7) is 1.96. The Morgan fingerprint density at radius 3 is 2.71 bits per heavy atom. The molecule has 0 saturated carbocycles. The number of hydrogen-bond acceptors (Lipinski definition) is 5. The number of hydrogen-bond donors (Lipinski definition) is 1. The quantitative estimate of drug-likeness (QED) is 0.662. The van der Waals surface area contributed by atoms with E-state index in [2.05, 4.69) is 0 Å². The first kappa shape index (κ1) is 11.9. The molecule has 1 unspecified atom stereocenters. The average molecular weight is 206 g/mol. The maximum Gasteiger partial charge on any atom is 0.160 e. The van der Waals surface area contributed by atoms with Crippen molar-refractivity contribution < 1.29 is 24.1 Å². The van der Waals surface area contributed by atoms with E-state index in [0.717, 1.165) is 0 Å². The number of aliphatic hydroxyl groups excluding tert-OH is 1. The lowest BCUT2D eigenvalue weighted by Gasteiger charge is -2.36. The van der Waals surface area contributed by atoms with Crippen molar-refractivity contribution in [1.82, 2.24) is 0 Å². The zero-order valence-electron chi connectivity index (χ0n) is 8.80. The molecule has 1 N–H and O–H groups in total. The minimum atomic E-state index is -0.628. The molecule has 5 heteroatoms. The molecule has 0 aromatic heterocycles. The van der Waals surface area contributed by atoms with Crippen LogP contribution in [0.15, 0.2) is 0 Å². The van der Waals surface area contributed by atoms with E-state index in [0.29, 0.717) is 6.42 Å². The van der Waals surface area contributed by atoms with Gasteiger partial charge in [-0.15, -0.1) is 0 Å². The first-order valence-corrected chi connectivity index (χ1v) is 4.66. The summed E-state index contributed by atoms with van der Waals surface area (Å²) >= 11 is 0. The van der Waals surface area contributed by atoms with Gasteiger partial charge in [0.05, 0.1) is 12.2 Å². The van der Waals surface area contributed by atoms with E-state index in [-0.39, 0.29) is 25.3 Å². The van der Waals surface area contributed by atoms with Gasteiger partial charge < -0.3 is 24.1 Å². The molecule has 0 spiro atoms. The van der Waals surface area contributed by atoms with E-state index < -0.39 is 6.10 Å². The fourth-order valence-electron chi connectivity index (χ4n) is 1.48. The smallest absolute Gasteiger partial charge is 0.160 e. The molecule has 0 radical (unpaired) electrons. The zero-order chi connectivity index (χ0) is 10.6. The molecule has 0 aliphatic carbocycles. The molecule has 4 atom stereocenters. The van der Waals surface area contributed by atoms with Crippen LogP contribution in [-0.4, -0.2) is 50.7 Å². The predicted molar refractivity (Wildman–Crippen MR) is 48.7 cm³/mol. The van der Waals surface area contributed by atoms with Gasteiger partial charge in [-0.25, -0.2) is 0 Å². The van der Waals surface area contributed by atoms with Gasteiger partial charge in [-0.3, -0.25) is 0 Å². The van der Waals surface area contributed by atoms with Crippen molar-refractivity contribution in [2.75, 3.05) is 21.0 Å². The van der Waals surface area contributed by atoms with Gasteiger partial charge in [-0.05, 0) is 6.92 Å².